The molecule has 0 aliphatic heterocycles. The van der Waals surface area contributed by atoms with E-state index in [0.29, 0.717) is 0 Å². The van der Waals surface area contributed by atoms with E-state index >= 15 is 0 Å². The van der Waals surface area contributed by atoms with Crippen LogP contribution in [-0.2, 0) is 0 Å². The average Bonchev–Trinajstić information content (AvgIpc) is 2.60. The molecule has 0 aromatic rings. The maximum atomic E-state index is 2.48. The summed E-state index contributed by atoms with van der Waals surface area (Å²) in [4.78, 5) is 0. The Morgan fingerprint density at radius 3 is 2.10 bits per heavy atom. The summed E-state index contributed by atoms with van der Waals surface area (Å²) in [5.41, 5.74) is 0. The molecule has 2 saturated carbocycles. The third-order valence-electron chi connectivity index (χ3n) is 3.87. The van der Waals surface area contributed by atoms with Gasteiger partial charge < -0.3 is 0 Å². The molecule has 4 atom stereocenters. The van der Waals surface area contributed by atoms with Gasteiger partial charge in [-0.3, -0.25) is 0 Å². The van der Waals surface area contributed by atoms with Crippen LogP contribution in [0.1, 0.15) is 25.7 Å². The van der Waals surface area contributed by atoms with E-state index in [1.807, 2.05) is 0 Å². The van der Waals surface area contributed by atoms with Crippen LogP contribution in [0.4, 0.5) is 0 Å². The summed E-state index contributed by atoms with van der Waals surface area (Å²) in [6.07, 6.45) is 11.1. The van der Waals surface area contributed by atoms with Crippen LogP contribution in [0, 0.1) is 23.7 Å². The molecule has 3 rings (SSSR count). The number of hydrogen-bond donors (Lipinski definition) is 0. The third kappa shape index (κ3) is 0.492. The normalized spacial score (nSPS) is 56.0. The van der Waals surface area contributed by atoms with Gasteiger partial charge in [0.2, 0.25) is 0 Å². The number of hydrogen-bond acceptors (Lipinski definition) is 0. The molecule has 0 saturated heterocycles. The molecule has 3 aliphatic carbocycles. The van der Waals surface area contributed by atoms with E-state index in [4.69, 9.17) is 0 Å². The zero-order valence-electron chi connectivity index (χ0n) is 6.29. The average molecular weight is 134 g/mol. The summed E-state index contributed by atoms with van der Waals surface area (Å²) in [7, 11) is 0. The fraction of sp³-hybridized carbons (Fsp3) is 0.800. The van der Waals surface area contributed by atoms with Gasteiger partial charge in [0.1, 0.15) is 0 Å². The molecule has 2 bridgehead atoms. The Balaban J connectivity index is 1.99. The van der Waals surface area contributed by atoms with E-state index in [1.165, 1.54) is 25.7 Å². The number of fused-ring (bicyclic) bond motifs is 5. The Morgan fingerprint density at radius 2 is 1.50 bits per heavy atom. The van der Waals surface area contributed by atoms with Crippen LogP contribution >= 0.6 is 0 Å². The van der Waals surface area contributed by atoms with Crippen LogP contribution in [0.3, 0.4) is 0 Å². The minimum atomic E-state index is 1.01. The SMILES string of the molecule is C1=C[C@H]2C[C@H]1[C@H]1CCC[C@@H]12. The summed E-state index contributed by atoms with van der Waals surface area (Å²) in [5.74, 6) is 4.26. The van der Waals surface area contributed by atoms with E-state index in [0.717, 1.165) is 23.7 Å². The molecule has 0 spiro atoms. The van der Waals surface area contributed by atoms with Gasteiger partial charge in [0.15, 0.2) is 0 Å². The summed E-state index contributed by atoms with van der Waals surface area (Å²) >= 11 is 0. The van der Waals surface area contributed by atoms with E-state index in [9.17, 15) is 0 Å². The maximum Gasteiger partial charge on any atom is -0.0196 e. The summed E-state index contributed by atoms with van der Waals surface area (Å²) in [6.45, 7) is 0. The monoisotopic (exact) mass is 134 g/mol. The molecule has 0 N–H and O–H groups in total. The molecule has 0 heteroatoms. The highest BCUT2D eigenvalue weighted by atomic mass is 14.5. The Labute approximate surface area is 62.3 Å². The molecule has 10 heavy (non-hydrogen) atoms. The molecule has 0 amide bonds. The molecule has 0 heterocycles. The van der Waals surface area contributed by atoms with Crippen molar-refractivity contribution in [2.24, 2.45) is 23.7 Å². The zero-order chi connectivity index (χ0) is 6.55. The van der Waals surface area contributed by atoms with Gasteiger partial charge in [-0.05, 0) is 42.9 Å². The van der Waals surface area contributed by atoms with Crippen LogP contribution in [-0.4, -0.2) is 0 Å². The summed E-state index contributed by atoms with van der Waals surface area (Å²) in [6, 6.07) is 0. The number of rotatable bonds is 0. The lowest BCUT2D eigenvalue weighted by atomic mass is 9.86. The van der Waals surface area contributed by atoms with E-state index in [-0.39, 0.29) is 0 Å². The Bertz CT molecular complexity index is 162. The topological polar surface area (TPSA) is 0 Å². The zero-order valence-corrected chi connectivity index (χ0v) is 6.29. The van der Waals surface area contributed by atoms with Crippen molar-refractivity contribution in [2.45, 2.75) is 25.7 Å². The minimum absolute atomic E-state index is 1.01. The van der Waals surface area contributed by atoms with Crippen molar-refractivity contribution in [3.63, 3.8) is 0 Å². The molecule has 0 aromatic heterocycles. The van der Waals surface area contributed by atoms with Crippen LogP contribution < -0.4 is 0 Å². The van der Waals surface area contributed by atoms with Crippen LogP contribution in [0.5, 0.6) is 0 Å². The number of allylic oxidation sites excluding steroid dienone is 2. The van der Waals surface area contributed by atoms with Gasteiger partial charge in [-0.1, -0.05) is 18.6 Å². The fourth-order valence-electron chi connectivity index (χ4n) is 3.47. The Hall–Kier alpha value is -0.260. The van der Waals surface area contributed by atoms with Crippen LogP contribution in [0.25, 0.3) is 0 Å². The Morgan fingerprint density at radius 1 is 0.900 bits per heavy atom. The van der Waals surface area contributed by atoms with Crippen molar-refractivity contribution in [1.29, 1.82) is 0 Å². The smallest absolute Gasteiger partial charge is 0.0196 e. The van der Waals surface area contributed by atoms with Gasteiger partial charge in [0.25, 0.3) is 0 Å². The van der Waals surface area contributed by atoms with Crippen molar-refractivity contribution in [2.75, 3.05) is 0 Å². The lowest BCUT2D eigenvalue weighted by Crippen LogP contribution is -2.12. The van der Waals surface area contributed by atoms with Gasteiger partial charge in [-0.25, -0.2) is 0 Å². The van der Waals surface area contributed by atoms with E-state index in [1.54, 1.807) is 0 Å². The van der Waals surface area contributed by atoms with Gasteiger partial charge in [-0.2, -0.15) is 0 Å². The van der Waals surface area contributed by atoms with Crippen molar-refractivity contribution in [1.82, 2.24) is 0 Å². The first-order chi connectivity index (χ1) is 4.95. The lowest BCUT2D eigenvalue weighted by Gasteiger charge is -2.19. The third-order valence-corrected chi connectivity index (χ3v) is 3.87. The molecular weight excluding hydrogens is 120 g/mol. The Kier molecular flexibility index (Phi) is 0.898. The highest BCUT2D eigenvalue weighted by Crippen LogP contribution is 2.55. The highest BCUT2D eigenvalue weighted by Gasteiger charge is 2.46. The maximum absolute atomic E-state index is 2.48. The molecule has 0 radical (unpaired) electrons. The molecular formula is C10H14. The van der Waals surface area contributed by atoms with Crippen LogP contribution in [0.15, 0.2) is 12.2 Å². The minimum Gasteiger partial charge on any atom is -0.0848 e. The molecule has 0 aromatic carbocycles. The molecule has 2 fully saturated rings. The predicted molar refractivity (Wildman–Crippen MR) is 41.6 cm³/mol. The first-order valence-corrected chi connectivity index (χ1v) is 4.63. The first-order valence-electron chi connectivity index (χ1n) is 4.63. The second kappa shape index (κ2) is 1.66. The quantitative estimate of drug-likeness (QED) is 0.447. The highest BCUT2D eigenvalue weighted by molar-refractivity contribution is 5.14. The molecule has 0 nitrogen and oxygen atoms in total. The van der Waals surface area contributed by atoms with Crippen molar-refractivity contribution < 1.29 is 0 Å². The van der Waals surface area contributed by atoms with Crippen LogP contribution in [0.2, 0.25) is 0 Å². The standard InChI is InChI=1S/C10H14/c1-2-9-7-4-5-8(6-7)10(9)3-1/h4-5,7-10H,1-3,6H2/t7-,8-,9+,10+/m0/s1. The summed E-state index contributed by atoms with van der Waals surface area (Å²) < 4.78 is 0. The van der Waals surface area contributed by atoms with Crippen molar-refractivity contribution in [3.05, 3.63) is 12.2 Å². The first kappa shape index (κ1) is 5.40. The van der Waals surface area contributed by atoms with E-state index < -0.39 is 0 Å². The second-order valence-corrected chi connectivity index (χ2v) is 4.21. The fourth-order valence-corrected chi connectivity index (χ4v) is 3.47. The van der Waals surface area contributed by atoms with Crippen molar-refractivity contribution >= 4 is 0 Å². The van der Waals surface area contributed by atoms with Gasteiger partial charge >= 0.3 is 0 Å². The summed E-state index contributed by atoms with van der Waals surface area (Å²) in [5, 5.41) is 0. The van der Waals surface area contributed by atoms with Crippen molar-refractivity contribution in [3.8, 4) is 0 Å². The lowest BCUT2D eigenvalue weighted by molar-refractivity contribution is 0.364. The van der Waals surface area contributed by atoms with Gasteiger partial charge in [-0.15, -0.1) is 0 Å². The van der Waals surface area contributed by atoms with Gasteiger partial charge in [0, 0.05) is 0 Å². The molecule has 54 valence electrons. The molecule has 3 aliphatic rings. The second-order valence-electron chi connectivity index (χ2n) is 4.21. The predicted octanol–water partition coefficient (Wildman–Crippen LogP) is 2.61. The molecule has 0 unspecified atom stereocenters. The van der Waals surface area contributed by atoms with Gasteiger partial charge in [0.05, 0.1) is 0 Å². The van der Waals surface area contributed by atoms with E-state index in [2.05, 4.69) is 12.2 Å². The largest absolute Gasteiger partial charge is 0.0848 e.